The van der Waals surface area contributed by atoms with Crippen LogP contribution in [0.4, 0.5) is 5.82 Å². The number of amides is 1. The fraction of sp³-hybridized carbons (Fsp3) is 0.250. The molecule has 0 fully saturated rings. The fourth-order valence-corrected chi connectivity index (χ4v) is 0.806. The molecule has 0 aliphatic carbocycles. The molecule has 0 aliphatic rings. The average molecular weight is 182 g/mol. The van der Waals surface area contributed by atoms with Crippen molar-refractivity contribution in [3.8, 4) is 0 Å². The molecule has 0 unspecified atom stereocenters. The van der Waals surface area contributed by atoms with E-state index in [-0.39, 0.29) is 6.42 Å². The molecule has 0 aliphatic heterocycles. The number of carbonyl (C=O) groups is 2. The van der Waals surface area contributed by atoms with E-state index in [4.69, 9.17) is 0 Å². The van der Waals surface area contributed by atoms with Crippen molar-refractivity contribution < 1.29 is 14.3 Å². The predicted octanol–water partition coefficient (Wildman–Crippen LogP) is 0.516. The Kier molecular flexibility index (Phi) is 3.08. The largest absolute Gasteiger partial charge is 0.469 e. The number of rotatable bonds is 3. The molecule has 5 nitrogen and oxygen atoms in total. The van der Waals surface area contributed by atoms with Crippen LogP contribution < -0.4 is 5.32 Å². The van der Waals surface area contributed by atoms with Gasteiger partial charge in [-0.15, -0.1) is 0 Å². The molecule has 0 aromatic carbocycles. The number of hydrogen-bond acceptors (Lipinski definition) is 3. The molecule has 5 heteroatoms. The Morgan fingerprint density at radius 2 is 2.38 bits per heavy atom. The Balaban J connectivity index is 2.38. The number of ether oxygens (including phenoxy) is 1. The predicted molar refractivity (Wildman–Crippen MR) is 46.1 cm³/mol. The van der Waals surface area contributed by atoms with Gasteiger partial charge in [0.25, 0.3) is 0 Å². The fourth-order valence-electron chi connectivity index (χ4n) is 0.806. The molecule has 0 spiro atoms. The van der Waals surface area contributed by atoms with Crippen LogP contribution in [0.15, 0.2) is 18.3 Å². The van der Waals surface area contributed by atoms with Gasteiger partial charge in [-0.2, -0.15) is 0 Å². The SMILES string of the molecule is COC(=O)CC(=O)Nc1ccc[nH]1. The van der Waals surface area contributed by atoms with E-state index in [1.165, 1.54) is 7.11 Å². The van der Waals surface area contributed by atoms with Crippen LogP contribution in [-0.4, -0.2) is 24.0 Å². The van der Waals surface area contributed by atoms with Gasteiger partial charge >= 0.3 is 5.97 Å². The van der Waals surface area contributed by atoms with Gasteiger partial charge in [0, 0.05) is 6.20 Å². The summed E-state index contributed by atoms with van der Waals surface area (Å²) < 4.78 is 4.33. The second kappa shape index (κ2) is 4.30. The number of esters is 1. The summed E-state index contributed by atoms with van der Waals surface area (Å²) in [6.07, 6.45) is 1.41. The molecule has 13 heavy (non-hydrogen) atoms. The van der Waals surface area contributed by atoms with Crippen molar-refractivity contribution in [1.82, 2.24) is 4.98 Å². The summed E-state index contributed by atoms with van der Waals surface area (Å²) in [6.45, 7) is 0. The lowest BCUT2D eigenvalue weighted by Gasteiger charge is -2.00. The molecule has 0 bridgehead atoms. The van der Waals surface area contributed by atoms with Gasteiger partial charge in [-0.3, -0.25) is 9.59 Å². The van der Waals surface area contributed by atoms with Crippen molar-refractivity contribution >= 4 is 17.7 Å². The minimum atomic E-state index is -0.552. The van der Waals surface area contributed by atoms with Gasteiger partial charge in [-0.25, -0.2) is 0 Å². The van der Waals surface area contributed by atoms with Crippen LogP contribution in [0.5, 0.6) is 0 Å². The smallest absolute Gasteiger partial charge is 0.315 e. The van der Waals surface area contributed by atoms with Crippen LogP contribution in [0.2, 0.25) is 0 Å². The number of nitrogens with one attached hydrogen (secondary N) is 2. The second-order valence-electron chi connectivity index (χ2n) is 2.38. The Labute approximate surface area is 75.1 Å². The van der Waals surface area contributed by atoms with E-state index in [1.54, 1.807) is 18.3 Å². The van der Waals surface area contributed by atoms with E-state index in [1.807, 2.05) is 0 Å². The van der Waals surface area contributed by atoms with Crippen molar-refractivity contribution in [3.05, 3.63) is 18.3 Å². The lowest BCUT2D eigenvalue weighted by molar-refractivity contribution is -0.142. The summed E-state index contributed by atoms with van der Waals surface area (Å²) >= 11 is 0. The van der Waals surface area contributed by atoms with Crippen molar-refractivity contribution in [2.24, 2.45) is 0 Å². The molecule has 1 rings (SSSR count). The van der Waals surface area contributed by atoms with Crippen molar-refractivity contribution in [2.75, 3.05) is 12.4 Å². The van der Waals surface area contributed by atoms with Crippen LogP contribution in [0.1, 0.15) is 6.42 Å². The van der Waals surface area contributed by atoms with Gasteiger partial charge < -0.3 is 15.0 Å². The average Bonchev–Trinajstić information content (AvgIpc) is 2.56. The quantitative estimate of drug-likeness (QED) is 0.528. The van der Waals surface area contributed by atoms with E-state index in [0.717, 1.165) is 0 Å². The van der Waals surface area contributed by atoms with Crippen LogP contribution in [-0.2, 0) is 14.3 Å². The number of hydrogen-bond donors (Lipinski definition) is 2. The zero-order valence-corrected chi connectivity index (χ0v) is 7.16. The van der Waals surface area contributed by atoms with E-state index >= 15 is 0 Å². The first-order chi connectivity index (χ1) is 6.22. The van der Waals surface area contributed by atoms with E-state index < -0.39 is 11.9 Å². The number of anilines is 1. The molecular weight excluding hydrogens is 172 g/mol. The van der Waals surface area contributed by atoms with Gasteiger partial charge in [-0.05, 0) is 12.1 Å². The van der Waals surface area contributed by atoms with Crippen molar-refractivity contribution in [1.29, 1.82) is 0 Å². The maximum Gasteiger partial charge on any atom is 0.315 e. The molecule has 0 saturated heterocycles. The molecule has 70 valence electrons. The minimum Gasteiger partial charge on any atom is -0.469 e. The zero-order valence-electron chi connectivity index (χ0n) is 7.16. The van der Waals surface area contributed by atoms with Crippen LogP contribution in [0, 0.1) is 0 Å². The van der Waals surface area contributed by atoms with Gasteiger partial charge in [0.05, 0.1) is 7.11 Å². The third-order valence-electron chi connectivity index (χ3n) is 1.40. The molecule has 0 radical (unpaired) electrons. The Morgan fingerprint density at radius 3 is 2.92 bits per heavy atom. The maximum absolute atomic E-state index is 11.0. The summed E-state index contributed by atoms with van der Waals surface area (Å²) in [4.78, 5) is 24.5. The van der Waals surface area contributed by atoms with Crippen LogP contribution in [0.25, 0.3) is 0 Å². The first kappa shape index (κ1) is 9.31. The number of methoxy groups -OCH3 is 1. The summed E-state index contributed by atoms with van der Waals surface area (Å²) in [7, 11) is 1.24. The van der Waals surface area contributed by atoms with Crippen molar-refractivity contribution in [2.45, 2.75) is 6.42 Å². The standard InChI is InChI=1S/C8H10N2O3/c1-13-8(12)5-7(11)10-6-3-2-4-9-6/h2-4,9H,5H2,1H3,(H,10,11). The van der Waals surface area contributed by atoms with E-state index in [2.05, 4.69) is 15.0 Å². The monoisotopic (exact) mass is 182 g/mol. The molecule has 1 aromatic rings. The van der Waals surface area contributed by atoms with E-state index in [9.17, 15) is 9.59 Å². The van der Waals surface area contributed by atoms with Crippen LogP contribution >= 0.6 is 0 Å². The normalized spacial score (nSPS) is 9.31. The van der Waals surface area contributed by atoms with Crippen molar-refractivity contribution in [3.63, 3.8) is 0 Å². The first-order valence-corrected chi connectivity index (χ1v) is 3.72. The first-order valence-electron chi connectivity index (χ1n) is 3.72. The Bertz CT molecular complexity index is 292. The summed E-state index contributed by atoms with van der Waals surface area (Å²) in [6, 6.07) is 3.43. The zero-order chi connectivity index (χ0) is 9.68. The number of aromatic amines is 1. The Morgan fingerprint density at radius 1 is 1.62 bits per heavy atom. The molecular formula is C8H10N2O3. The van der Waals surface area contributed by atoms with Crippen LogP contribution in [0.3, 0.4) is 0 Å². The van der Waals surface area contributed by atoms with Gasteiger partial charge in [0.2, 0.25) is 5.91 Å². The molecule has 1 heterocycles. The third-order valence-corrected chi connectivity index (χ3v) is 1.40. The topological polar surface area (TPSA) is 71.2 Å². The molecule has 1 aromatic heterocycles. The summed E-state index contributed by atoms with van der Waals surface area (Å²) in [5.74, 6) is -0.382. The van der Waals surface area contributed by atoms with Gasteiger partial charge in [-0.1, -0.05) is 0 Å². The highest BCUT2D eigenvalue weighted by Gasteiger charge is 2.09. The highest BCUT2D eigenvalue weighted by atomic mass is 16.5. The minimum absolute atomic E-state index is 0.268. The molecule has 2 N–H and O–H groups in total. The van der Waals surface area contributed by atoms with Gasteiger partial charge in [0.15, 0.2) is 0 Å². The molecule has 1 amide bonds. The summed E-state index contributed by atoms with van der Waals surface area (Å²) in [5.41, 5.74) is 0. The van der Waals surface area contributed by atoms with Gasteiger partial charge in [0.1, 0.15) is 12.2 Å². The molecule has 0 atom stereocenters. The number of aromatic nitrogens is 1. The highest BCUT2D eigenvalue weighted by molar-refractivity contribution is 6.01. The highest BCUT2D eigenvalue weighted by Crippen LogP contribution is 2.01. The maximum atomic E-state index is 11.0. The lowest BCUT2D eigenvalue weighted by Crippen LogP contribution is -2.17. The van der Waals surface area contributed by atoms with E-state index in [0.29, 0.717) is 5.82 Å². The Hall–Kier alpha value is -1.78. The number of H-pyrrole nitrogens is 1. The number of carbonyl (C=O) groups excluding carboxylic acids is 2. The lowest BCUT2D eigenvalue weighted by atomic mass is 10.4. The third kappa shape index (κ3) is 2.98. The summed E-state index contributed by atoms with van der Waals surface area (Å²) in [5, 5.41) is 2.49. The second-order valence-corrected chi connectivity index (χ2v) is 2.38. The molecule has 0 saturated carbocycles.